The van der Waals surface area contributed by atoms with E-state index in [4.69, 9.17) is 27.9 Å². The number of aryl methyl sites for hydroxylation is 1. The van der Waals surface area contributed by atoms with Crippen LogP contribution in [0.25, 0.3) is 11.2 Å². The zero-order valence-corrected chi connectivity index (χ0v) is 22.8. The summed E-state index contributed by atoms with van der Waals surface area (Å²) in [5, 5.41) is 9.79. The van der Waals surface area contributed by atoms with Crippen LogP contribution in [0.1, 0.15) is 12.0 Å². The average Bonchev–Trinajstić information content (AvgIpc) is 3.15. The van der Waals surface area contributed by atoms with Crippen molar-refractivity contribution in [2.24, 2.45) is 7.05 Å². The highest BCUT2D eigenvalue weighted by Gasteiger charge is 2.27. The third kappa shape index (κ3) is 6.25. The van der Waals surface area contributed by atoms with Gasteiger partial charge in [0.25, 0.3) is 5.56 Å². The molecule has 0 saturated carbocycles. The molecule has 4 rings (SSSR count). The summed E-state index contributed by atoms with van der Waals surface area (Å²) in [7, 11) is 1.46. The van der Waals surface area contributed by atoms with Crippen molar-refractivity contribution in [2.45, 2.75) is 23.6 Å². The fourth-order valence-electron chi connectivity index (χ4n) is 3.67. The lowest BCUT2D eigenvalue weighted by Crippen LogP contribution is -2.39. The largest absolute Gasteiger partial charge is 0.451 e. The SMILES string of the molecule is Cn1c(=O)n(CCCO)c(=O)c2c1nc(Oc1cc(Cl)cc(OC(F)(F)I)c1)n2Cc1ccc(Cl)cc1. The molecule has 196 valence electrons. The molecule has 0 unspecified atom stereocenters. The Morgan fingerprint density at radius 3 is 2.38 bits per heavy atom. The van der Waals surface area contributed by atoms with Crippen LogP contribution in [0, 0.1) is 0 Å². The molecular weight excluding hydrogens is 648 g/mol. The van der Waals surface area contributed by atoms with Crippen LogP contribution in [0.4, 0.5) is 8.78 Å². The van der Waals surface area contributed by atoms with Crippen molar-refractivity contribution in [2.75, 3.05) is 6.61 Å². The van der Waals surface area contributed by atoms with E-state index in [1.165, 1.54) is 34.4 Å². The molecule has 0 bridgehead atoms. The number of aliphatic hydroxyl groups is 1. The molecule has 2 aromatic heterocycles. The summed E-state index contributed by atoms with van der Waals surface area (Å²) in [6, 6.07) is 10.5. The van der Waals surface area contributed by atoms with Gasteiger partial charge in [-0.25, -0.2) is 4.79 Å². The van der Waals surface area contributed by atoms with Crippen molar-refractivity contribution in [3.63, 3.8) is 0 Å². The summed E-state index contributed by atoms with van der Waals surface area (Å²) >= 11 is 12.9. The van der Waals surface area contributed by atoms with Gasteiger partial charge in [0.1, 0.15) is 11.5 Å². The second-order valence-corrected chi connectivity index (χ2v) is 10.1. The zero-order chi connectivity index (χ0) is 26.9. The normalized spacial score (nSPS) is 11.8. The van der Waals surface area contributed by atoms with E-state index in [-0.39, 0.29) is 59.8 Å². The van der Waals surface area contributed by atoms with E-state index >= 15 is 0 Å². The summed E-state index contributed by atoms with van der Waals surface area (Å²) in [5.41, 5.74) is -0.374. The van der Waals surface area contributed by atoms with E-state index in [0.29, 0.717) is 5.02 Å². The van der Waals surface area contributed by atoms with E-state index < -0.39 is 15.4 Å². The molecule has 2 heterocycles. The van der Waals surface area contributed by atoms with E-state index in [2.05, 4.69) is 9.72 Å². The maximum absolute atomic E-state index is 13.4. The highest BCUT2D eigenvalue weighted by atomic mass is 127. The second kappa shape index (κ2) is 11.0. The Labute approximate surface area is 231 Å². The molecule has 37 heavy (non-hydrogen) atoms. The van der Waals surface area contributed by atoms with Gasteiger partial charge in [0, 0.05) is 36.3 Å². The predicted molar refractivity (Wildman–Crippen MR) is 143 cm³/mol. The van der Waals surface area contributed by atoms with Gasteiger partial charge in [-0.15, -0.1) is 0 Å². The van der Waals surface area contributed by atoms with Crippen LogP contribution in [0.3, 0.4) is 0 Å². The van der Waals surface area contributed by atoms with Crippen LogP contribution in [0.2, 0.25) is 10.0 Å². The Kier molecular flexibility index (Phi) is 8.11. The second-order valence-electron chi connectivity index (χ2n) is 7.93. The lowest BCUT2D eigenvalue weighted by Gasteiger charge is -2.14. The Balaban J connectivity index is 1.89. The van der Waals surface area contributed by atoms with Crippen LogP contribution < -0.4 is 20.7 Å². The van der Waals surface area contributed by atoms with E-state index in [0.717, 1.165) is 32.7 Å². The number of rotatable bonds is 9. The zero-order valence-electron chi connectivity index (χ0n) is 19.1. The summed E-state index contributed by atoms with van der Waals surface area (Å²) in [4.78, 5) is 30.6. The van der Waals surface area contributed by atoms with Gasteiger partial charge < -0.3 is 14.6 Å². The summed E-state index contributed by atoms with van der Waals surface area (Å²) in [6.07, 6.45) is 0.196. The molecule has 0 spiro atoms. The van der Waals surface area contributed by atoms with E-state index in [1.54, 1.807) is 24.3 Å². The summed E-state index contributed by atoms with van der Waals surface area (Å²) < 4.78 is 37.5. The number of imidazole rings is 1. The Hall–Kier alpha value is -2.68. The number of aliphatic hydroxyl groups excluding tert-OH is 1. The maximum atomic E-state index is 13.4. The minimum Gasteiger partial charge on any atom is -0.425 e. The number of halogens is 5. The fourth-order valence-corrected chi connectivity index (χ4v) is 4.26. The third-order valence-electron chi connectivity index (χ3n) is 5.28. The summed E-state index contributed by atoms with van der Waals surface area (Å²) in [5.74, 6) is -0.234. The van der Waals surface area contributed by atoms with Crippen molar-refractivity contribution in [1.29, 1.82) is 0 Å². The first-order valence-corrected chi connectivity index (χ1v) is 12.6. The number of alkyl halides is 3. The van der Waals surface area contributed by atoms with E-state index in [9.17, 15) is 23.5 Å². The molecule has 0 atom stereocenters. The van der Waals surface area contributed by atoms with Gasteiger partial charge in [-0.3, -0.25) is 18.5 Å². The number of aromatic nitrogens is 4. The van der Waals surface area contributed by atoms with Gasteiger partial charge in [0.15, 0.2) is 11.2 Å². The quantitative estimate of drug-likeness (QED) is 0.204. The third-order valence-corrected chi connectivity index (χ3v) is 5.97. The summed E-state index contributed by atoms with van der Waals surface area (Å²) in [6.45, 7) is -0.104. The average molecular weight is 667 g/mol. The molecule has 4 aromatic rings. The molecule has 0 aliphatic rings. The number of nitrogens with zero attached hydrogens (tertiary/aromatic N) is 4. The monoisotopic (exact) mass is 666 g/mol. The first kappa shape index (κ1) is 27.4. The lowest BCUT2D eigenvalue weighted by molar-refractivity contribution is -0.0692. The van der Waals surface area contributed by atoms with Gasteiger partial charge in [0.05, 0.1) is 29.1 Å². The molecule has 2 aromatic carbocycles. The van der Waals surface area contributed by atoms with Gasteiger partial charge in [0.2, 0.25) is 0 Å². The minimum absolute atomic E-state index is 0.000231. The van der Waals surface area contributed by atoms with Crippen LogP contribution >= 0.6 is 45.8 Å². The van der Waals surface area contributed by atoms with Crippen LogP contribution in [-0.4, -0.2) is 34.5 Å². The van der Waals surface area contributed by atoms with Crippen molar-refractivity contribution in [3.05, 3.63) is 78.9 Å². The standard InChI is InChI=1S/C23H19Cl2F2IN4O5/c1-30-19-18(20(34)31(22(30)35)7-2-8-33)32(12-13-3-5-14(24)6-4-13)21(29-19)36-16-9-15(25)10-17(11-16)37-23(26,27)28/h3-6,9-11,33H,2,7-8,12H2,1H3. The predicted octanol–water partition coefficient (Wildman–Crippen LogP) is 4.79. The van der Waals surface area contributed by atoms with Crippen LogP contribution in [-0.2, 0) is 20.1 Å². The molecule has 0 aliphatic carbocycles. The molecule has 1 N–H and O–H groups in total. The number of ether oxygens (including phenoxy) is 2. The lowest BCUT2D eigenvalue weighted by atomic mass is 10.2. The van der Waals surface area contributed by atoms with E-state index in [1.807, 2.05) is 0 Å². The molecular formula is C23H19Cl2F2IN4O5. The molecule has 0 fully saturated rings. The van der Waals surface area contributed by atoms with Crippen molar-refractivity contribution in [3.8, 4) is 17.5 Å². The molecule has 14 heteroatoms. The highest BCUT2D eigenvalue weighted by molar-refractivity contribution is 14.1. The maximum Gasteiger partial charge on any atom is 0.451 e. The number of fused-ring (bicyclic) bond motifs is 1. The number of hydrogen-bond acceptors (Lipinski definition) is 6. The van der Waals surface area contributed by atoms with Crippen LogP contribution in [0.5, 0.6) is 17.5 Å². The van der Waals surface area contributed by atoms with Gasteiger partial charge >= 0.3 is 15.8 Å². The van der Waals surface area contributed by atoms with Crippen molar-refractivity contribution < 1.29 is 23.4 Å². The van der Waals surface area contributed by atoms with Crippen molar-refractivity contribution in [1.82, 2.24) is 18.7 Å². The highest BCUT2D eigenvalue weighted by Crippen LogP contribution is 2.34. The Morgan fingerprint density at radius 1 is 1.05 bits per heavy atom. The topological polar surface area (TPSA) is 101 Å². The smallest absolute Gasteiger partial charge is 0.425 e. The molecule has 0 aliphatic heterocycles. The van der Waals surface area contributed by atoms with Gasteiger partial charge in [-0.1, -0.05) is 35.3 Å². The Morgan fingerprint density at radius 2 is 1.73 bits per heavy atom. The van der Waals surface area contributed by atoms with Crippen molar-refractivity contribution >= 4 is 57.0 Å². The molecule has 0 saturated heterocycles. The van der Waals surface area contributed by atoms with Gasteiger partial charge in [-0.2, -0.15) is 13.8 Å². The molecule has 0 amide bonds. The first-order valence-electron chi connectivity index (χ1n) is 10.8. The number of benzene rings is 2. The van der Waals surface area contributed by atoms with Gasteiger partial charge in [-0.05, 0) is 36.2 Å². The number of hydrogen-bond donors (Lipinski definition) is 1. The molecule has 9 nitrogen and oxygen atoms in total. The minimum atomic E-state index is -3.49. The molecule has 0 radical (unpaired) electrons. The van der Waals surface area contributed by atoms with Crippen LogP contribution in [0.15, 0.2) is 52.1 Å². The first-order chi connectivity index (χ1) is 17.5. The Bertz CT molecular complexity index is 1570. The fraction of sp³-hybridized carbons (Fsp3) is 0.261.